The lowest BCUT2D eigenvalue weighted by molar-refractivity contribution is -0.125. The quantitative estimate of drug-likeness (QED) is 0.619. The maximum atomic E-state index is 11.8. The van der Waals surface area contributed by atoms with Gasteiger partial charge in [0.1, 0.15) is 0 Å². The Morgan fingerprint density at radius 3 is 2.17 bits per heavy atom. The molecule has 0 saturated heterocycles. The lowest BCUT2D eigenvalue weighted by Crippen LogP contribution is -2.28. The van der Waals surface area contributed by atoms with E-state index in [1.54, 1.807) is 29.2 Å². The molecule has 4 heteroatoms. The number of halogens is 1. The van der Waals surface area contributed by atoms with E-state index in [4.69, 9.17) is 0 Å². The number of carbonyl (C=O) groups excluding carboxylic acids is 2. The Bertz CT molecular complexity index is 447. The van der Waals surface area contributed by atoms with E-state index < -0.39 is 0 Å². The number of allylic oxidation sites excluding steroid dienone is 1. The summed E-state index contributed by atoms with van der Waals surface area (Å²) < 4.78 is 0.919. The molecule has 0 aliphatic heterocycles. The van der Waals surface area contributed by atoms with Gasteiger partial charge in [0.2, 0.25) is 5.91 Å². The lowest BCUT2D eigenvalue weighted by Gasteiger charge is -2.15. The smallest absolute Gasteiger partial charge is 0.246 e. The van der Waals surface area contributed by atoms with Crippen LogP contribution in [0.1, 0.15) is 24.2 Å². The number of hydrogen-bond donors (Lipinski definition) is 0. The molecule has 0 bridgehead atoms. The van der Waals surface area contributed by atoms with Crippen molar-refractivity contribution in [3.05, 3.63) is 46.5 Å². The van der Waals surface area contributed by atoms with E-state index in [0.29, 0.717) is 18.7 Å². The Hall–Kier alpha value is -1.42. The minimum absolute atomic E-state index is 0.134. The summed E-state index contributed by atoms with van der Waals surface area (Å²) in [6.45, 7) is 5.11. The Morgan fingerprint density at radius 2 is 1.67 bits per heavy atom. The van der Waals surface area contributed by atoms with Gasteiger partial charge in [-0.3, -0.25) is 9.59 Å². The van der Waals surface area contributed by atoms with Gasteiger partial charge in [-0.1, -0.05) is 15.9 Å². The van der Waals surface area contributed by atoms with Gasteiger partial charge < -0.3 is 4.90 Å². The second-order valence-corrected chi connectivity index (χ2v) is 4.63. The molecule has 0 N–H and O–H groups in total. The standard InChI is InChI=1S/C14H16BrNO2/c1-3-16(4-2)14(18)10-9-13(17)11-5-7-12(15)8-6-11/h5-10H,3-4H2,1-2H3/b10-9+. The van der Waals surface area contributed by atoms with Crippen molar-refractivity contribution in [1.82, 2.24) is 4.90 Å². The molecule has 0 saturated carbocycles. The van der Waals surface area contributed by atoms with E-state index in [0.717, 1.165) is 4.47 Å². The van der Waals surface area contributed by atoms with Crippen LogP contribution in [0.15, 0.2) is 40.9 Å². The molecule has 0 spiro atoms. The Kier molecular flexibility index (Phi) is 5.78. The molecule has 0 radical (unpaired) electrons. The molecule has 0 heterocycles. The lowest BCUT2D eigenvalue weighted by atomic mass is 10.1. The van der Waals surface area contributed by atoms with Crippen LogP contribution in [0.3, 0.4) is 0 Å². The fraction of sp³-hybridized carbons (Fsp3) is 0.286. The van der Waals surface area contributed by atoms with Gasteiger partial charge in [0.15, 0.2) is 5.78 Å². The summed E-state index contributed by atoms with van der Waals surface area (Å²) in [6, 6.07) is 7.04. The van der Waals surface area contributed by atoms with Crippen molar-refractivity contribution < 1.29 is 9.59 Å². The molecule has 3 nitrogen and oxygen atoms in total. The van der Waals surface area contributed by atoms with Crippen molar-refractivity contribution in [3.63, 3.8) is 0 Å². The van der Waals surface area contributed by atoms with E-state index in [-0.39, 0.29) is 11.7 Å². The molecule has 18 heavy (non-hydrogen) atoms. The van der Waals surface area contributed by atoms with Crippen molar-refractivity contribution in [2.75, 3.05) is 13.1 Å². The first kappa shape index (κ1) is 14.6. The van der Waals surface area contributed by atoms with Gasteiger partial charge in [0.25, 0.3) is 0 Å². The third-order valence-electron chi connectivity index (χ3n) is 2.58. The topological polar surface area (TPSA) is 37.4 Å². The van der Waals surface area contributed by atoms with Gasteiger partial charge in [-0.2, -0.15) is 0 Å². The van der Waals surface area contributed by atoms with Crippen molar-refractivity contribution >= 4 is 27.6 Å². The first-order valence-corrected chi connectivity index (χ1v) is 6.64. The first-order valence-electron chi connectivity index (χ1n) is 5.85. The number of amides is 1. The average molecular weight is 310 g/mol. The number of rotatable bonds is 5. The molecular formula is C14H16BrNO2. The van der Waals surface area contributed by atoms with Crippen molar-refractivity contribution in [2.45, 2.75) is 13.8 Å². The maximum absolute atomic E-state index is 11.8. The fourth-order valence-corrected chi connectivity index (χ4v) is 1.76. The predicted octanol–water partition coefficient (Wildman–Crippen LogP) is 3.06. The molecule has 0 fully saturated rings. The van der Waals surface area contributed by atoms with E-state index in [9.17, 15) is 9.59 Å². The van der Waals surface area contributed by atoms with Crippen LogP contribution in [0.5, 0.6) is 0 Å². The van der Waals surface area contributed by atoms with Crippen LogP contribution < -0.4 is 0 Å². The highest BCUT2D eigenvalue weighted by Gasteiger charge is 2.06. The summed E-state index contributed by atoms with van der Waals surface area (Å²) in [7, 11) is 0. The van der Waals surface area contributed by atoms with Crippen molar-refractivity contribution in [2.24, 2.45) is 0 Å². The number of likely N-dealkylation sites (N-methyl/N-ethyl adjacent to an activating group) is 1. The molecule has 1 aromatic rings. The van der Waals surface area contributed by atoms with Crippen LogP contribution in [0, 0.1) is 0 Å². The summed E-state index contributed by atoms with van der Waals surface area (Å²) >= 11 is 3.30. The van der Waals surface area contributed by atoms with E-state index >= 15 is 0 Å². The summed E-state index contributed by atoms with van der Waals surface area (Å²) in [5, 5.41) is 0. The third-order valence-corrected chi connectivity index (χ3v) is 3.11. The summed E-state index contributed by atoms with van der Waals surface area (Å²) in [5.41, 5.74) is 0.571. The molecule has 0 atom stereocenters. The second-order valence-electron chi connectivity index (χ2n) is 3.72. The van der Waals surface area contributed by atoms with E-state index in [1.807, 2.05) is 13.8 Å². The van der Waals surface area contributed by atoms with E-state index in [1.165, 1.54) is 12.2 Å². The molecule has 0 aliphatic carbocycles. The highest BCUT2D eigenvalue weighted by Crippen LogP contribution is 2.11. The number of ketones is 1. The maximum Gasteiger partial charge on any atom is 0.246 e. The molecule has 0 aliphatic rings. The minimum atomic E-state index is -0.164. The molecule has 1 rings (SSSR count). The summed E-state index contributed by atoms with van der Waals surface area (Å²) in [6.07, 6.45) is 2.65. The number of hydrogen-bond acceptors (Lipinski definition) is 2. The SMILES string of the molecule is CCN(CC)C(=O)/C=C/C(=O)c1ccc(Br)cc1. The number of nitrogens with zero attached hydrogens (tertiary/aromatic N) is 1. The van der Waals surface area contributed by atoms with Crippen LogP contribution in [-0.4, -0.2) is 29.7 Å². The Labute approximate surface area is 116 Å². The van der Waals surface area contributed by atoms with Gasteiger partial charge >= 0.3 is 0 Å². The van der Waals surface area contributed by atoms with Crippen LogP contribution >= 0.6 is 15.9 Å². The zero-order chi connectivity index (χ0) is 13.5. The van der Waals surface area contributed by atoms with Gasteiger partial charge in [0, 0.05) is 29.2 Å². The van der Waals surface area contributed by atoms with Crippen LogP contribution in [0.25, 0.3) is 0 Å². The van der Waals surface area contributed by atoms with Crippen LogP contribution in [-0.2, 0) is 4.79 Å². The predicted molar refractivity (Wildman–Crippen MR) is 75.5 cm³/mol. The zero-order valence-electron chi connectivity index (χ0n) is 10.5. The second kappa shape index (κ2) is 7.11. The van der Waals surface area contributed by atoms with Crippen molar-refractivity contribution in [3.8, 4) is 0 Å². The number of benzene rings is 1. The average Bonchev–Trinajstić information content (AvgIpc) is 2.38. The molecule has 1 amide bonds. The highest BCUT2D eigenvalue weighted by molar-refractivity contribution is 9.10. The highest BCUT2D eigenvalue weighted by atomic mass is 79.9. The van der Waals surface area contributed by atoms with Gasteiger partial charge in [-0.15, -0.1) is 0 Å². The summed E-state index contributed by atoms with van der Waals surface area (Å²) in [4.78, 5) is 25.1. The minimum Gasteiger partial charge on any atom is -0.340 e. The Morgan fingerprint density at radius 1 is 1.11 bits per heavy atom. The molecule has 0 unspecified atom stereocenters. The molecule has 96 valence electrons. The normalized spacial score (nSPS) is 10.6. The monoisotopic (exact) mass is 309 g/mol. The molecule has 1 aromatic carbocycles. The van der Waals surface area contributed by atoms with Gasteiger partial charge in [-0.25, -0.2) is 0 Å². The Balaban J connectivity index is 2.70. The van der Waals surface area contributed by atoms with Crippen LogP contribution in [0.4, 0.5) is 0 Å². The van der Waals surface area contributed by atoms with Gasteiger partial charge in [-0.05, 0) is 44.2 Å². The molecule has 0 aromatic heterocycles. The number of carbonyl (C=O) groups is 2. The third kappa shape index (κ3) is 4.11. The summed E-state index contributed by atoms with van der Waals surface area (Å²) in [5.74, 6) is -0.298. The van der Waals surface area contributed by atoms with Crippen molar-refractivity contribution in [1.29, 1.82) is 0 Å². The first-order chi connectivity index (χ1) is 8.58. The zero-order valence-corrected chi connectivity index (χ0v) is 12.1. The van der Waals surface area contributed by atoms with E-state index in [2.05, 4.69) is 15.9 Å². The molecular weight excluding hydrogens is 294 g/mol. The van der Waals surface area contributed by atoms with Crippen LogP contribution in [0.2, 0.25) is 0 Å². The van der Waals surface area contributed by atoms with Gasteiger partial charge in [0.05, 0.1) is 0 Å². The fourth-order valence-electron chi connectivity index (χ4n) is 1.50. The largest absolute Gasteiger partial charge is 0.340 e.